The van der Waals surface area contributed by atoms with Gasteiger partial charge in [-0.05, 0) is 30.9 Å². The average molecular weight is 351 g/mol. The first kappa shape index (κ1) is 20.4. The van der Waals surface area contributed by atoms with Gasteiger partial charge < -0.3 is 15.4 Å². The Labute approximate surface area is 147 Å². The number of nitro groups is 1. The summed E-state index contributed by atoms with van der Waals surface area (Å²) in [6.07, 6.45) is 1.36. The van der Waals surface area contributed by atoms with E-state index in [1.165, 1.54) is 19.2 Å². The summed E-state index contributed by atoms with van der Waals surface area (Å²) in [5.41, 5.74) is 0.780. The summed E-state index contributed by atoms with van der Waals surface area (Å²) in [6, 6.07) is 5.45. The molecule has 0 bridgehead atoms. The number of hydrogen-bond donors (Lipinski definition) is 2. The van der Waals surface area contributed by atoms with Crippen LogP contribution in [0.25, 0.3) is 0 Å². The molecule has 0 saturated heterocycles. The third-order valence-corrected chi connectivity index (χ3v) is 3.52. The quantitative estimate of drug-likeness (QED) is 0.290. The van der Waals surface area contributed by atoms with Gasteiger partial charge in [-0.25, -0.2) is 4.79 Å². The lowest BCUT2D eigenvalue weighted by Crippen LogP contribution is -2.42. The molecule has 1 rings (SSSR count). The van der Waals surface area contributed by atoms with Gasteiger partial charge in [-0.3, -0.25) is 14.9 Å². The highest BCUT2D eigenvalue weighted by Crippen LogP contribution is 2.15. The predicted octanol–water partition coefficient (Wildman–Crippen LogP) is 2.49. The van der Waals surface area contributed by atoms with Crippen LogP contribution in [0.5, 0.6) is 0 Å². The highest BCUT2D eigenvalue weighted by atomic mass is 16.6. The Morgan fingerprint density at radius 1 is 1.24 bits per heavy atom. The second kappa shape index (κ2) is 10.3. The molecule has 0 aliphatic heterocycles. The van der Waals surface area contributed by atoms with E-state index in [1.54, 1.807) is 12.1 Å². The summed E-state index contributed by atoms with van der Waals surface area (Å²) >= 11 is 0. The SMILES string of the molecule is COC(=O)C(CC(C)C)NC(=O)CCCNc1ccc([N+](=O)[O-])cc1. The lowest BCUT2D eigenvalue weighted by Gasteiger charge is -2.18. The first-order valence-electron chi connectivity index (χ1n) is 8.19. The molecule has 1 aromatic rings. The second-order valence-electron chi connectivity index (χ2n) is 6.11. The van der Waals surface area contributed by atoms with E-state index in [9.17, 15) is 19.7 Å². The minimum Gasteiger partial charge on any atom is -0.467 e. The summed E-state index contributed by atoms with van der Waals surface area (Å²) in [7, 11) is 1.30. The number of nitro benzene ring substituents is 1. The third kappa shape index (κ3) is 7.65. The molecular formula is C17H25N3O5. The fourth-order valence-corrected chi connectivity index (χ4v) is 2.28. The first-order valence-corrected chi connectivity index (χ1v) is 8.19. The van der Waals surface area contributed by atoms with Crippen molar-refractivity contribution in [2.75, 3.05) is 19.0 Å². The van der Waals surface area contributed by atoms with Crippen molar-refractivity contribution in [1.29, 1.82) is 0 Å². The summed E-state index contributed by atoms with van der Waals surface area (Å²) in [6.45, 7) is 4.48. The van der Waals surface area contributed by atoms with Gasteiger partial charge in [0.2, 0.25) is 5.91 Å². The molecule has 0 aromatic heterocycles. The van der Waals surface area contributed by atoms with Crippen molar-refractivity contribution < 1.29 is 19.2 Å². The van der Waals surface area contributed by atoms with E-state index in [-0.39, 0.29) is 23.9 Å². The number of amides is 1. The molecule has 1 unspecified atom stereocenters. The maximum absolute atomic E-state index is 12.0. The molecule has 0 spiro atoms. The number of benzene rings is 1. The molecule has 25 heavy (non-hydrogen) atoms. The Morgan fingerprint density at radius 3 is 2.40 bits per heavy atom. The zero-order valence-corrected chi connectivity index (χ0v) is 14.8. The van der Waals surface area contributed by atoms with Gasteiger partial charge in [0.1, 0.15) is 6.04 Å². The van der Waals surface area contributed by atoms with Crippen molar-refractivity contribution in [2.24, 2.45) is 5.92 Å². The van der Waals surface area contributed by atoms with Gasteiger partial charge in [0.05, 0.1) is 12.0 Å². The molecule has 0 radical (unpaired) electrons. The number of ether oxygens (including phenoxy) is 1. The highest BCUT2D eigenvalue weighted by Gasteiger charge is 2.22. The fourth-order valence-electron chi connectivity index (χ4n) is 2.28. The molecule has 2 N–H and O–H groups in total. The van der Waals surface area contributed by atoms with Crippen molar-refractivity contribution >= 4 is 23.3 Å². The molecule has 1 aromatic carbocycles. The molecule has 8 nitrogen and oxygen atoms in total. The smallest absolute Gasteiger partial charge is 0.328 e. The van der Waals surface area contributed by atoms with E-state index in [2.05, 4.69) is 10.6 Å². The first-order chi connectivity index (χ1) is 11.8. The van der Waals surface area contributed by atoms with Gasteiger partial charge in [-0.2, -0.15) is 0 Å². The summed E-state index contributed by atoms with van der Waals surface area (Å²) in [5.74, 6) is -0.388. The zero-order valence-electron chi connectivity index (χ0n) is 14.8. The number of hydrogen-bond acceptors (Lipinski definition) is 6. The van der Waals surface area contributed by atoms with Crippen LogP contribution in [0.15, 0.2) is 24.3 Å². The molecule has 0 aliphatic rings. The molecule has 8 heteroatoms. The van der Waals surface area contributed by atoms with E-state index in [0.717, 1.165) is 5.69 Å². The highest BCUT2D eigenvalue weighted by molar-refractivity contribution is 5.84. The van der Waals surface area contributed by atoms with Crippen LogP contribution >= 0.6 is 0 Å². The number of rotatable bonds is 10. The number of carbonyl (C=O) groups is 2. The van der Waals surface area contributed by atoms with Crippen molar-refractivity contribution in [3.05, 3.63) is 34.4 Å². The summed E-state index contributed by atoms with van der Waals surface area (Å²) < 4.78 is 4.71. The fraction of sp³-hybridized carbons (Fsp3) is 0.529. The molecule has 1 amide bonds. The molecule has 0 fully saturated rings. The average Bonchev–Trinajstić information content (AvgIpc) is 2.57. The van der Waals surface area contributed by atoms with Gasteiger partial charge in [0.15, 0.2) is 0 Å². The zero-order chi connectivity index (χ0) is 18.8. The number of nitrogens with zero attached hydrogens (tertiary/aromatic N) is 1. The largest absolute Gasteiger partial charge is 0.467 e. The number of methoxy groups -OCH3 is 1. The monoisotopic (exact) mass is 351 g/mol. The number of nitrogens with one attached hydrogen (secondary N) is 2. The van der Waals surface area contributed by atoms with E-state index >= 15 is 0 Å². The Morgan fingerprint density at radius 2 is 1.88 bits per heavy atom. The van der Waals surface area contributed by atoms with Crippen molar-refractivity contribution in [3.8, 4) is 0 Å². The predicted molar refractivity (Wildman–Crippen MR) is 94.2 cm³/mol. The van der Waals surface area contributed by atoms with Gasteiger partial charge in [-0.1, -0.05) is 13.8 Å². The summed E-state index contributed by atoms with van der Waals surface area (Å²) in [4.78, 5) is 33.8. The van der Waals surface area contributed by atoms with E-state index < -0.39 is 16.9 Å². The van der Waals surface area contributed by atoms with Crippen molar-refractivity contribution in [2.45, 2.75) is 39.2 Å². The van der Waals surface area contributed by atoms with Crippen LogP contribution in [0.4, 0.5) is 11.4 Å². The van der Waals surface area contributed by atoms with E-state index in [1.807, 2.05) is 13.8 Å². The molecule has 0 saturated carbocycles. The van der Waals surface area contributed by atoms with Crippen LogP contribution in [-0.4, -0.2) is 36.5 Å². The Balaban J connectivity index is 2.35. The van der Waals surface area contributed by atoms with Crippen LogP contribution in [-0.2, 0) is 14.3 Å². The lowest BCUT2D eigenvalue weighted by atomic mass is 10.0. The second-order valence-corrected chi connectivity index (χ2v) is 6.11. The maximum atomic E-state index is 12.0. The van der Waals surface area contributed by atoms with Gasteiger partial charge in [-0.15, -0.1) is 0 Å². The van der Waals surface area contributed by atoms with Crippen molar-refractivity contribution in [1.82, 2.24) is 5.32 Å². The maximum Gasteiger partial charge on any atom is 0.328 e. The lowest BCUT2D eigenvalue weighted by molar-refractivity contribution is -0.384. The van der Waals surface area contributed by atoms with Crippen LogP contribution in [0.2, 0.25) is 0 Å². The Bertz CT molecular complexity index is 586. The molecule has 0 heterocycles. The topological polar surface area (TPSA) is 111 Å². The minimum absolute atomic E-state index is 0.0314. The van der Waals surface area contributed by atoms with E-state index in [0.29, 0.717) is 19.4 Å². The van der Waals surface area contributed by atoms with E-state index in [4.69, 9.17) is 4.74 Å². The van der Waals surface area contributed by atoms with Gasteiger partial charge in [0, 0.05) is 30.8 Å². The number of anilines is 1. The minimum atomic E-state index is -0.625. The number of esters is 1. The third-order valence-electron chi connectivity index (χ3n) is 3.52. The van der Waals surface area contributed by atoms with Crippen LogP contribution < -0.4 is 10.6 Å². The van der Waals surface area contributed by atoms with Crippen LogP contribution in [0.3, 0.4) is 0 Å². The standard InChI is InChI=1S/C17H25N3O5/c1-12(2)11-15(17(22)25-3)19-16(21)5-4-10-18-13-6-8-14(9-7-13)20(23)24/h6-9,12,15,18H,4-5,10-11H2,1-3H3,(H,19,21). The molecule has 138 valence electrons. The molecule has 0 aliphatic carbocycles. The Hall–Kier alpha value is -2.64. The normalized spacial score (nSPS) is 11.7. The van der Waals surface area contributed by atoms with Gasteiger partial charge in [0.25, 0.3) is 5.69 Å². The van der Waals surface area contributed by atoms with Crippen molar-refractivity contribution in [3.63, 3.8) is 0 Å². The summed E-state index contributed by atoms with van der Waals surface area (Å²) in [5, 5.41) is 16.4. The Kier molecular flexibility index (Phi) is 8.38. The van der Waals surface area contributed by atoms with Crippen LogP contribution in [0, 0.1) is 16.0 Å². The number of carbonyl (C=O) groups excluding carboxylic acids is 2. The number of non-ortho nitro benzene ring substituents is 1. The van der Waals surface area contributed by atoms with Crippen LogP contribution in [0.1, 0.15) is 33.1 Å². The van der Waals surface area contributed by atoms with Gasteiger partial charge >= 0.3 is 5.97 Å². The molecular weight excluding hydrogens is 326 g/mol. The molecule has 1 atom stereocenters.